The van der Waals surface area contributed by atoms with E-state index >= 15 is 0 Å². The van der Waals surface area contributed by atoms with Gasteiger partial charge in [-0.25, -0.2) is 4.39 Å². The highest BCUT2D eigenvalue weighted by Crippen LogP contribution is 2.18. The Balaban J connectivity index is 2.09. The molecule has 0 aliphatic carbocycles. The summed E-state index contributed by atoms with van der Waals surface area (Å²) in [5.74, 6) is 0.957. The van der Waals surface area contributed by atoms with Crippen LogP contribution in [0.2, 0.25) is 0 Å². The Bertz CT molecular complexity index is 584. The van der Waals surface area contributed by atoms with Crippen LogP contribution in [0.3, 0.4) is 0 Å². The predicted octanol–water partition coefficient (Wildman–Crippen LogP) is 3.43. The minimum atomic E-state index is -0.271. The van der Waals surface area contributed by atoms with Crippen molar-refractivity contribution in [2.24, 2.45) is 0 Å². The van der Waals surface area contributed by atoms with Crippen LogP contribution in [-0.2, 0) is 6.61 Å². The number of pyridine rings is 1. The van der Waals surface area contributed by atoms with Gasteiger partial charge in [-0.2, -0.15) is 0 Å². The van der Waals surface area contributed by atoms with Crippen LogP contribution in [0.15, 0.2) is 30.3 Å². The highest BCUT2D eigenvalue weighted by molar-refractivity contribution is 5.29. The first-order valence-electron chi connectivity index (χ1n) is 5.99. The van der Waals surface area contributed by atoms with Crippen LogP contribution >= 0.6 is 0 Å². The molecule has 2 rings (SSSR count). The van der Waals surface area contributed by atoms with E-state index in [4.69, 9.17) is 9.47 Å². The Kier molecular flexibility index (Phi) is 4.00. The van der Waals surface area contributed by atoms with Crippen LogP contribution in [0.1, 0.15) is 17.0 Å². The second kappa shape index (κ2) is 5.69. The maximum Gasteiger partial charge on any atom is 0.130 e. The Morgan fingerprint density at radius 3 is 2.58 bits per heavy atom. The summed E-state index contributed by atoms with van der Waals surface area (Å²) in [5, 5.41) is 0. The minimum Gasteiger partial charge on any atom is -0.497 e. The van der Waals surface area contributed by atoms with Crippen LogP contribution in [0, 0.1) is 19.7 Å². The first-order chi connectivity index (χ1) is 9.08. The summed E-state index contributed by atoms with van der Waals surface area (Å²) in [7, 11) is 1.61. The van der Waals surface area contributed by atoms with Gasteiger partial charge < -0.3 is 9.47 Å². The van der Waals surface area contributed by atoms with Gasteiger partial charge in [-0.05, 0) is 25.5 Å². The van der Waals surface area contributed by atoms with Crippen molar-refractivity contribution in [3.8, 4) is 11.5 Å². The summed E-state index contributed by atoms with van der Waals surface area (Å²) < 4.78 is 24.1. The van der Waals surface area contributed by atoms with Crippen LogP contribution < -0.4 is 9.47 Å². The molecule has 1 heterocycles. The lowest BCUT2D eigenvalue weighted by Crippen LogP contribution is -2.01. The highest BCUT2D eigenvalue weighted by Gasteiger charge is 2.04. The molecule has 0 spiro atoms. The molecule has 0 amide bonds. The number of methoxy groups -OCH3 is 1. The lowest BCUT2D eigenvalue weighted by atomic mass is 10.2. The van der Waals surface area contributed by atoms with Gasteiger partial charge in [0.25, 0.3) is 0 Å². The summed E-state index contributed by atoms with van der Waals surface area (Å²) in [5.41, 5.74) is 2.20. The quantitative estimate of drug-likeness (QED) is 0.845. The third kappa shape index (κ3) is 3.44. The van der Waals surface area contributed by atoms with Crippen LogP contribution in [0.4, 0.5) is 4.39 Å². The summed E-state index contributed by atoms with van der Waals surface area (Å²) in [6, 6.07) is 8.45. The van der Waals surface area contributed by atoms with Crippen molar-refractivity contribution in [3.63, 3.8) is 0 Å². The minimum absolute atomic E-state index is 0.271. The van der Waals surface area contributed by atoms with E-state index < -0.39 is 0 Å². The van der Waals surface area contributed by atoms with E-state index in [1.54, 1.807) is 32.2 Å². The second-order valence-corrected chi connectivity index (χ2v) is 4.34. The molecule has 0 atom stereocenters. The molecule has 100 valence electrons. The van der Waals surface area contributed by atoms with Crippen molar-refractivity contribution >= 4 is 0 Å². The van der Waals surface area contributed by atoms with Gasteiger partial charge in [0.2, 0.25) is 0 Å². The first kappa shape index (κ1) is 13.3. The molecule has 1 aromatic heterocycles. The fourth-order valence-corrected chi connectivity index (χ4v) is 1.72. The number of hydrogen-bond acceptors (Lipinski definition) is 3. The van der Waals surface area contributed by atoms with Gasteiger partial charge >= 0.3 is 0 Å². The second-order valence-electron chi connectivity index (χ2n) is 4.34. The SMILES string of the molecule is COc1cc(C)nc(COc2ccc(C)c(F)c2)c1. The van der Waals surface area contributed by atoms with E-state index in [-0.39, 0.29) is 12.4 Å². The van der Waals surface area contributed by atoms with Gasteiger partial charge in [0.05, 0.1) is 12.8 Å². The Labute approximate surface area is 112 Å². The summed E-state index contributed by atoms with van der Waals surface area (Å²) in [6.07, 6.45) is 0. The molecule has 1 aromatic carbocycles. The Morgan fingerprint density at radius 2 is 1.89 bits per heavy atom. The van der Waals surface area contributed by atoms with Crippen molar-refractivity contribution in [3.05, 3.63) is 53.1 Å². The zero-order chi connectivity index (χ0) is 13.8. The number of aromatic nitrogens is 1. The maximum absolute atomic E-state index is 13.4. The lowest BCUT2D eigenvalue weighted by molar-refractivity contribution is 0.298. The number of rotatable bonds is 4. The average Bonchev–Trinajstić information content (AvgIpc) is 2.39. The largest absolute Gasteiger partial charge is 0.497 e. The fraction of sp³-hybridized carbons (Fsp3) is 0.267. The molecule has 2 aromatic rings. The first-order valence-corrected chi connectivity index (χ1v) is 5.99. The van der Waals surface area contributed by atoms with Gasteiger partial charge in [0.1, 0.15) is 23.9 Å². The normalized spacial score (nSPS) is 10.3. The van der Waals surface area contributed by atoms with E-state index in [1.807, 2.05) is 13.0 Å². The number of ether oxygens (including phenoxy) is 2. The summed E-state index contributed by atoms with van der Waals surface area (Å²) in [4.78, 5) is 4.34. The van der Waals surface area contributed by atoms with Crippen molar-refractivity contribution in [1.82, 2.24) is 4.98 Å². The van der Waals surface area contributed by atoms with E-state index in [1.165, 1.54) is 6.07 Å². The standard InChI is InChI=1S/C15H16FNO2/c1-10-4-5-13(8-15(10)16)19-9-12-7-14(18-3)6-11(2)17-12/h4-8H,9H2,1-3H3. The van der Waals surface area contributed by atoms with Gasteiger partial charge in [-0.3, -0.25) is 4.98 Å². The molecule has 0 saturated carbocycles. The monoisotopic (exact) mass is 261 g/mol. The van der Waals surface area contributed by atoms with Gasteiger partial charge in [-0.15, -0.1) is 0 Å². The molecule has 0 saturated heterocycles. The molecule has 0 radical (unpaired) electrons. The molecule has 0 bridgehead atoms. The maximum atomic E-state index is 13.4. The molecule has 19 heavy (non-hydrogen) atoms. The van der Waals surface area contributed by atoms with Gasteiger partial charge in [0.15, 0.2) is 0 Å². The van der Waals surface area contributed by atoms with E-state index in [9.17, 15) is 4.39 Å². The third-order valence-electron chi connectivity index (χ3n) is 2.75. The third-order valence-corrected chi connectivity index (χ3v) is 2.75. The van der Waals surface area contributed by atoms with Crippen molar-refractivity contribution in [2.45, 2.75) is 20.5 Å². The van der Waals surface area contributed by atoms with Crippen LogP contribution in [0.25, 0.3) is 0 Å². The lowest BCUT2D eigenvalue weighted by Gasteiger charge is -2.09. The predicted molar refractivity (Wildman–Crippen MR) is 71.0 cm³/mol. The van der Waals surface area contributed by atoms with Crippen molar-refractivity contribution in [2.75, 3.05) is 7.11 Å². The van der Waals surface area contributed by atoms with Gasteiger partial charge in [-0.1, -0.05) is 6.07 Å². The fourth-order valence-electron chi connectivity index (χ4n) is 1.72. The zero-order valence-electron chi connectivity index (χ0n) is 11.2. The molecule has 3 nitrogen and oxygen atoms in total. The molecule has 4 heteroatoms. The number of halogens is 1. The number of benzene rings is 1. The number of aryl methyl sites for hydroxylation is 2. The average molecular weight is 261 g/mol. The molecule has 0 unspecified atom stereocenters. The molecular weight excluding hydrogens is 245 g/mol. The summed E-state index contributed by atoms with van der Waals surface area (Å²) in [6.45, 7) is 3.88. The molecule has 0 N–H and O–H groups in total. The molecule has 0 fully saturated rings. The summed E-state index contributed by atoms with van der Waals surface area (Å²) >= 11 is 0. The van der Waals surface area contributed by atoms with Crippen molar-refractivity contribution in [1.29, 1.82) is 0 Å². The van der Waals surface area contributed by atoms with E-state index in [0.717, 1.165) is 17.1 Å². The highest BCUT2D eigenvalue weighted by atomic mass is 19.1. The molecule has 0 aliphatic rings. The van der Waals surface area contributed by atoms with E-state index in [0.29, 0.717) is 11.3 Å². The Hall–Kier alpha value is -2.10. The van der Waals surface area contributed by atoms with Crippen LogP contribution in [0.5, 0.6) is 11.5 Å². The van der Waals surface area contributed by atoms with Crippen molar-refractivity contribution < 1.29 is 13.9 Å². The Morgan fingerprint density at radius 1 is 1.11 bits per heavy atom. The smallest absolute Gasteiger partial charge is 0.130 e. The zero-order valence-corrected chi connectivity index (χ0v) is 11.2. The molecule has 0 aliphatic heterocycles. The number of nitrogens with zero attached hydrogens (tertiary/aromatic N) is 1. The van der Waals surface area contributed by atoms with E-state index in [2.05, 4.69) is 4.98 Å². The van der Waals surface area contributed by atoms with Gasteiger partial charge in [0, 0.05) is 23.9 Å². The number of hydrogen-bond donors (Lipinski definition) is 0. The van der Waals surface area contributed by atoms with Crippen LogP contribution in [-0.4, -0.2) is 12.1 Å². The molecular formula is C15H16FNO2. The topological polar surface area (TPSA) is 31.4 Å².